The Morgan fingerprint density at radius 3 is 2.10 bits per heavy atom. The van der Waals surface area contributed by atoms with Crippen molar-refractivity contribution in [2.75, 3.05) is 6.54 Å². The first-order valence-corrected chi connectivity index (χ1v) is 8.98. The van der Waals surface area contributed by atoms with Gasteiger partial charge >= 0.3 is 5.97 Å². The lowest BCUT2D eigenvalue weighted by Gasteiger charge is -2.16. The molecule has 1 amide bonds. The van der Waals surface area contributed by atoms with Crippen LogP contribution < -0.4 is 4.74 Å². The summed E-state index contributed by atoms with van der Waals surface area (Å²) in [5, 5.41) is 8.88. The molecule has 3 aromatic carbocycles. The van der Waals surface area contributed by atoms with E-state index in [4.69, 9.17) is 10.00 Å². The Hall–Kier alpha value is -4.17. The Kier molecular flexibility index (Phi) is 4.68. The van der Waals surface area contributed by atoms with Crippen LogP contribution in [0.3, 0.4) is 0 Å². The van der Waals surface area contributed by atoms with E-state index in [1.165, 1.54) is 4.90 Å². The molecule has 0 spiro atoms. The number of esters is 1. The van der Waals surface area contributed by atoms with Crippen molar-refractivity contribution in [3.05, 3.63) is 96.1 Å². The number of fused-ring (bicyclic) bond motifs is 1. The zero-order valence-corrected chi connectivity index (χ0v) is 15.5. The third-order valence-corrected chi connectivity index (χ3v) is 4.76. The highest BCUT2D eigenvalue weighted by Gasteiger charge is 2.32. The lowest BCUT2D eigenvalue weighted by molar-refractivity contribution is -0.134. The van der Waals surface area contributed by atoms with Crippen LogP contribution in [-0.2, 0) is 4.79 Å². The molecule has 3 aromatic rings. The van der Waals surface area contributed by atoms with Crippen LogP contribution in [0.4, 0.5) is 0 Å². The largest absolute Gasteiger partial charge is 0.425 e. The molecule has 0 aliphatic carbocycles. The van der Waals surface area contributed by atoms with Crippen LogP contribution in [-0.4, -0.2) is 23.3 Å². The van der Waals surface area contributed by atoms with E-state index in [0.29, 0.717) is 22.6 Å². The van der Waals surface area contributed by atoms with Crippen LogP contribution in [0.25, 0.3) is 16.8 Å². The number of ether oxygens (including phenoxy) is 1. The molecule has 0 radical (unpaired) electrons. The number of nitriles is 1. The quantitative estimate of drug-likeness (QED) is 0.501. The SMILES string of the molecule is C=C1c2ccccc2C(=O)N1CC(=O)Oc1ccc(-c2ccc(C#N)cc2)cc1. The van der Waals surface area contributed by atoms with Gasteiger partial charge in [-0.3, -0.25) is 9.69 Å². The van der Waals surface area contributed by atoms with Gasteiger partial charge in [0.25, 0.3) is 5.91 Å². The van der Waals surface area contributed by atoms with E-state index < -0.39 is 5.97 Å². The second kappa shape index (κ2) is 7.45. The van der Waals surface area contributed by atoms with Crippen molar-refractivity contribution >= 4 is 17.6 Å². The fourth-order valence-corrected chi connectivity index (χ4v) is 3.25. The monoisotopic (exact) mass is 380 g/mol. The van der Waals surface area contributed by atoms with Gasteiger partial charge in [-0.15, -0.1) is 0 Å². The third kappa shape index (κ3) is 3.52. The Morgan fingerprint density at radius 1 is 0.931 bits per heavy atom. The van der Waals surface area contributed by atoms with Gasteiger partial charge < -0.3 is 4.74 Å². The van der Waals surface area contributed by atoms with Crippen molar-refractivity contribution < 1.29 is 14.3 Å². The molecule has 5 heteroatoms. The summed E-state index contributed by atoms with van der Waals surface area (Å²) in [5.41, 5.74) is 4.26. The number of carbonyl (C=O) groups is 2. The van der Waals surface area contributed by atoms with Crippen LogP contribution in [0.15, 0.2) is 79.4 Å². The highest BCUT2D eigenvalue weighted by Crippen LogP contribution is 2.31. The van der Waals surface area contributed by atoms with Gasteiger partial charge in [0.05, 0.1) is 11.6 Å². The van der Waals surface area contributed by atoms with Crippen LogP contribution >= 0.6 is 0 Å². The second-order valence-corrected chi connectivity index (χ2v) is 6.57. The van der Waals surface area contributed by atoms with Crippen molar-refractivity contribution in [3.8, 4) is 22.9 Å². The number of benzene rings is 3. The fourth-order valence-electron chi connectivity index (χ4n) is 3.25. The molecule has 5 nitrogen and oxygen atoms in total. The first-order valence-electron chi connectivity index (χ1n) is 8.98. The summed E-state index contributed by atoms with van der Waals surface area (Å²) < 4.78 is 5.38. The van der Waals surface area contributed by atoms with E-state index in [1.54, 1.807) is 36.4 Å². The van der Waals surface area contributed by atoms with E-state index in [2.05, 4.69) is 12.6 Å². The summed E-state index contributed by atoms with van der Waals surface area (Å²) in [7, 11) is 0. The Bertz CT molecular complexity index is 1120. The Labute approximate surface area is 168 Å². The topological polar surface area (TPSA) is 70.4 Å². The number of hydrogen-bond acceptors (Lipinski definition) is 4. The summed E-state index contributed by atoms with van der Waals surface area (Å²) in [5.74, 6) is -0.403. The summed E-state index contributed by atoms with van der Waals surface area (Å²) in [6.07, 6.45) is 0. The van der Waals surface area contributed by atoms with Crippen molar-refractivity contribution in [1.29, 1.82) is 5.26 Å². The van der Waals surface area contributed by atoms with Crippen molar-refractivity contribution in [2.24, 2.45) is 0 Å². The lowest BCUT2D eigenvalue weighted by atomic mass is 10.0. The molecular weight excluding hydrogens is 364 g/mol. The van der Waals surface area contributed by atoms with Crippen molar-refractivity contribution in [1.82, 2.24) is 4.90 Å². The second-order valence-electron chi connectivity index (χ2n) is 6.57. The molecule has 0 saturated carbocycles. The first-order chi connectivity index (χ1) is 14.1. The third-order valence-electron chi connectivity index (χ3n) is 4.76. The van der Waals surface area contributed by atoms with Gasteiger partial charge in [0.1, 0.15) is 12.3 Å². The van der Waals surface area contributed by atoms with E-state index in [1.807, 2.05) is 36.4 Å². The molecule has 0 atom stereocenters. The number of amides is 1. The van der Waals surface area contributed by atoms with Crippen LogP contribution in [0, 0.1) is 11.3 Å². The zero-order valence-electron chi connectivity index (χ0n) is 15.5. The van der Waals surface area contributed by atoms with Gasteiger partial charge in [0, 0.05) is 16.8 Å². The molecule has 140 valence electrons. The highest BCUT2D eigenvalue weighted by molar-refractivity contribution is 6.10. The van der Waals surface area contributed by atoms with Crippen LogP contribution in [0.5, 0.6) is 5.75 Å². The zero-order chi connectivity index (χ0) is 20.4. The number of rotatable bonds is 4. The summed E-state index contributed by atoms with van der Waals surface area (Å²) >= 11 is 0. The normalized spacial score (nSPS) is 12.4. The standard InChI is InChI=1S/C24H16N2O3/c1-16-21-4-2-3-5-22(21)24(28)26(16)15-23(27)29-20-12-10-19(11-13-20)18-8-6-17(14-25)7-9-18/h2-13H,1,15H2. The molecule has 0 aromatic heterocycles. The van der Waals surface area contributed by atoms with Gasteiger partial charge in [-0.05, 0) is 41.5 Å². The molecule has 1 aliphatic heterocycles. The Balaban J connectivity index is 1.42. The molecule has 1 aliphatic rings. The lowest BCUT2D eigenvalue weighted by Crippen LogP contribution is -2.31. The van der Waals surface area contributed by atoms with E-state index in [-0.39, 0.29) is 12.5 Å². The molecule has 1 heterocycles. The maximum Gasteiger partial charge on any atom is 0.331 e. The smallest absolute Gasteiger partial charge is 0.331 e. The van der Waals surface area contributed by atoms with E-state index in [0.717, 1.165) is 16.7 Å². The highest BCUT2D eigenvalue weighted by atomic mass is 16.5. The first kappa shape index (κ1) is 18.2. The predicted molar refractivity (Wildman–Crippen MR) is 109 cm³/mol. The fraction of sp³-hybridized carbons (Fsp3) is 0.0417. The molecule has 0 fully saturated rings. The minimum absolute atomic E-state index is 0.205. The Morgan fingerprint density at radius 2 is 1.52 bits per heavy atom. The molecule has 0 N–H and O–H groups in total. The van der Waals surface area contributed by atoms with E-state index in [9.17, 15) is 9.59 Å². The minimum Gasteiger partial charge on any atom is -0.425 e. The maximum atomic E-state index is 12.5. The molecule has 0 unspecified atom stereocenters. The van der Waals surface area contributed by atoms with Crippen LogP contribution in [0.1, 0.15) is 21.5 Å². The minimum atomic E-state index is -0.543. The molecule has 4 rings (SSSR count). The summed E-state index contributed by atoms with van der Waals surface area (Å²) in [6.45, 7) is 3.72. The molecular formula is C24H16N2O3. The average molecular weight is 380 g/mol. The van der Waals surface area contributed by atoms with E-state index >= 15 is 0 Å². The number of hydrogen-bond donors (Lipinski definition) is 0. The van der Waals surface area contributed by atoms with Crippen molar-refractivity contribution in [2.45, 2.75) is 0 Å². The summed E-state index contributed by atoms with van der Waals surface area (Å²) in [4.78, 5) is 26.2. The van der Waals surface area contributed by atoms with Gasteiger partial charge in [-0.1, -0.05) is 49.0 Å². The molecule has 29 heavy (non-hydrogen) atoms. The van der Waals surface area contributed by atoms with Crippen molar-refractivity contribution in [3.63, 3.8) is 0 Å². The van der Waals surface area contributed by atoms with Crippen LogP contribution in [0.2, 0.25) is 0 Å². The van der Waals surface area contributed by atoms with Gasteiger partial charge in [-0.2, -0.15) is 5.26 Å². The molecule has 0 saturated heterocycles. The molecule has 0 bridgehead atoms. The summed E-state index contributed by atoms with van der Waals surface area (Å²) in [6, 6.07) is 23.5. The average Bonchev–Trinajstić information content (AvgIpc) is 2.99. The van der Waals surface area contributed by atoms with Gasteiger partial charge in [0.2, 0.25) is 0 Å². The predicted octanol–water partition coefficient (Wildman–Crippen LogP) is 4.26. The number of nitrogens with zero attached hydrogens (tertiary/aromatic N) is 2. The maximum absolute atomic E-state index is 12.5. The van der Waals surface area contributed by atoms with Gasteiger partial charge in [0.15, 0.2) is 0 Å². The van der Waals surface area contributed by atoms with Gasteiger partial charge in [-0.25, -0.2) is 4.79 Å². The number of carbonyl (C=O) groups excluding carboxylic acids is 2.